The van der Waals surface area contributed by atoms with E-state index in [1.807, 2.05) is 36.4 Å². The Labute approximate surface area is 271 Å². The SMILES string of the molecule is CC1(C)c2ccccc2-c2c1ccc1c2c2ccccc2n1-c1ccc(-c2nc(-c3ccccc3)c3oc4ccccc4c3n2)cc1. The number of benzene rings is 6. The van der Waals surface area contributed by atoms with Crippen LogP contribution in [0.25, 0.3) is 83.3 Å². The molecule has 1 aliphatic rings. The Kier molecular flexibility index (Phi) is 5.31. The lowest BCUT2D eigenvalue weighted by Crippen LogP contribution is -2.14. The Morgan fingerprint density at radius 1 is 0.574 bits per heavy atom. The zero-order valence-corrected chi connectivity index (χ0v) is 26.0. The van der Waals surface area contributed by atoms with Gasteiger partial charge in [0.05, 0.1) is 11.0 Å². The van der Waals surface area contributed by atoms with Crippen LogP contribution in [0.1, 0.15) is 25.0 Å². The maximum atomic E-state index is 6.32. The number of para-hydroxylation sites is 2. The number of fused-ring (bicyclic) bond motifs is 10. The van der Waals surface area contributed by atoms with Crippen molar-refractivity contribution in [1.29, 1.82) is 0 Å². The Morgan fingerprint density at radius 2 is 1.30 bits per heavy atom. The van der Waals surface area contributed by atoms with E-state index in [1.54, 1.807) is 0 Å². The summed E-state index contributed by atoms with van der Waals surface area (Å²) in [7, 11) is 0. The van der Waals surface area contributed by atoms with Crippen molar-refractivity contribution in [2.24, 2.45) is 0 Å². The lowest BCUT2D eigenvalue weighted by molar-refractivity contribution is 0.661. The second kappa shape index (κ2) is 9.51. The fraction of sp³-hybridized carbons (Fsp3) is 0.0698. The number of nitrogens with zero attached hydrogens (tertiary/aromatic N) is 3. The zero-order valence-electron chi connectivity index (χ0n) is 26.0. The average Bonchev–Trinajstić information content (AvgIpc) is 3.74. The molecule has 0 amide bonds. The Balaban J connectivity index is 1.17. The van der Waals surface area contributed by atoms with Crippen LogP contribution in [-0.2, 0) is 5.41 Å². The van der Waals surface area contributed by atoms with E-state index >= 15 is 0 Å². The molecule has 0 fully saturated rings. The van der Waals surface area contributed by atoms with Gasteiger partial charge in [-0.15, -0.1) is 0 Å². The van der Waals surface area contributed by atoms with Crippen molar-refractivity contribution in [3.63, 3.8) is 0 Å². The molecule has 4 nitrogen and oxygen atoms in total. The maximum absolute atomic E-state index is 6.32. The highest BCUT2D eigenvalue weighted by molar-refractivity contribution is 6.18. The molecule has 0 spiro atoms. The molecule has 6 aromatic carbocycles. The number of rotatable bonds is 3. The van der Waals surface area contributed by atoms with Crippen LogP contribution >= 0.6 is 0 Å². The number of aromatic nitrogens is 3. The van der Waals surface area contributed by atoms with Gasteiger partial charge in [0.25, 0.3) is 0 Å². The van der Waals surface area contributed by atoms with Crippen molar-refractivity contribution < 1.29 is 4.42 Å². The standard InChI is InChI=1S/C43H29N3O/c1-43(2)32-17-9-6-14-29(32)37-33(43)24-25-35-38(37)30-15-7-10-18-34(30)46(35)28-22-20-27(21-23-28)42-44-39(26-12-4-3-5-13-26)41-40(45-42)31-16-8-11-19-36(31)47-41/h3-25H,1-2H3. The van der Waals surface area contributed by atoms with E-state index in [9.17, 15) is 0 Å². The van der Waals surface area contributed by atoms with E-state index < -0.39 is 0 Å². The summed E-state index contributed by atoms with van der Waals surface area (Å²) in [4.78, 5) is 10.2. The second-order valence-corrected chi connectivity index (χ2v) is 13.0. The van der Waals surface area contributed by atoms with Crippen LogP contribution in [0.2, 0.25) is 0 Å². The normalized spacial score (nSPS) is 13.5. The molecule has 3 heterocycles. The Hall–Kier alpha value is -6.00. The van der Waals surface area contributed by atoms with E-state index in [2.05, 4.69) is 122 Å². The zero-order chi connectivity index (χ0) is 31.3. The first-order valence-corrected chi connectivity index (χ1v) is 16.1. The number of furan rings is 1. The number of hydrogen-bond acceptors (Lipinski definition) is 3. The summed E-state index contributed by atoms with van der Waals surface area (Å²) >= 11 is 0. The Morgan fingerprint density at radius 3 is 2.15 bits per heavy atom. The Bertz CT molecular complexity index is 2700. The van der Waals surface area contributed by atoms with Crippen molar-refractivity contribution in [3.8, 4) is 39.5 Å². The summed E-state index contributed by atoms with van der Waals surface area (Å²) in [6.45, 7) is 4.69. The molecule has 0 unspecified atom stereocenters. The van der Waals surface area contributed by atoms with Crippen molar-refractivity contribution in [2.45, 2.75) is 19.3 Å². The highest BCUT2D eigenvalue weighted by atomic mass is 16.3. The van der Waals surface area contributed by atoms with Crippen LogP contribution in [0.15, 0.2) is 144 Å². The first kappa shape index (κ1) is 26.2. The summed E-state index contributed by atoms with van der Waals surface area (Å²) in [6.07, 6.45) is 0. The summed E-state index contributed by atoms with van der Waals surface area (Å²) < 4.78 is 8.71. The van der Waals surface area contributed by atoms with Gasteiger partial charge in [-0.3, -0.25) is 0 Å². The highest BCUT2D eigenvalue weighted by Crippen LogP contribution is 2.53. The van der Waals surface area contributed by atoms with Crippen LogP contribution in [0.3, 0.4) is 0 Å². The third-order valence-corrected chi connectivity index (χ3v) is 10.0. The van der Waals surface area contributed by atoms with Gasteiger partial charge in [0.15, 0.2) is 11.4 Å². The van der Waals surface area contributed by atoms with E-state index in [-0.39, 0.29) is 5.41 Å². The highest BCUT2D eigenvalue weighted by Gasteiger charge is 2.37. The van der Waals surface area contributed by atoms with Crippen LogP contribution in [0.5, 0.6) is 0 Å². The average molecular weight is 604 g/mol. The number of hydrogen-bond donors (Lipinski definition) is 0. The molecule has 0 bridgehead atoms. The molecular weight excluding hydrogens is 574 g/mol. The third kappa shape index (κ3) is 3.64. The molecule has 0 radical (unpaired) electrons. The van der Waals surface area contributed by atoms with E-state index in [0.29, 0.717) is 11.4 Å². The molecule has 1 aliphatic carbocycles. The van der Waals surface area contributed by atoms with Gasteiger partial charge in [-0.25, -0.2) is 9.97 Å². The first-order valence-electron chi connectivity index (χ1n) is 16.1. The van der Waals surface area contributed by atoms with Gasteiger partial charge in [-0.1, -0.05) is 105 Å². The summed E-state index contributed by atoms with van der Waals surface area (Å²) in [6, 6.07) is 49.3. The topological polar surface area (TPSA) is 43.9 Å². The van der Waals surface area contributed by atoms with Crippen molar-refractivity contribution in [2.75, 3.05) is 0 Å². The molecule has 0 saturated carbocycles. The lowest BCUT2D eigenvalue weighted by Gasteiger charge is -2.21. The van der Waals surface area contributed by atoms with Gasteiger partial charge in [-0.2, -0.15) is 0 Å². The smallest absolute Gasteiger partial charge is 0.180 e. The molecule has 0 N–H and O–H groups in total. The molecule has 0 saturated heterocycles. The van der Waals surface area contributed by atoms with Gasteiger partial charge in [-0.05, 0) is 70.8 Å². The van der Waals surface area contributed by atoms with Gasteiger partial charge >= 0.3 is 0 Å². The third-order valence-electron chi connectivity index (χ3n) is 10.0. The van der Waals surface area contributed by atoms with Gasteiger partial charge < -0.3 is 8.98 Å². The van der Waals surface area contributed by atoms with E-state index in [4.69, 9.17) is 14.4 Å². The van der Waals surface area contributed by atoms with Crippen molar-refractivity contribution in [3.05, 3.63) is 151 Å². The fourth-order valence-corrected chi connectivity index (χ4v) is 7.80. The van der Waals surface area contributed by atoms with E-state index in [0.717, 1.165) is 39.0 Å². The predicted molar refractivity (Wildman–Crippen MR) is 192 cm³/mol. The van der Waals surface area contributed by atoms with Crippen molar-refractivity contribution in [1.82, 2.24) is 14.5 Å². The lowest BCUT2D eigenvalue weighted by atomic mass is 9.82. The largest absolute Gasteiger partial charge is 0.452 e. The summed E-state index contributed by atoms with van der Waals surface area (Å²) in [5.41, 5.74) is 14.0. The molecule has 222 valence electrons. The maximum Gasteiger partial charge on any atom is 0.180 e. The van der Waals surface area contributed by atoms with Crippen LogP contribution in [-0.4, -0.2) is 14.5 Å². The molecular formula is C43H29N3O. The fourth-order valence-electron chi connectivity index (χ4n) is 7.80. The molecule has 3 aromatic heterocycles. The van der Waals surface area contributed by atoms with Crippen molar-refractivity contribution >= 4 is 43.9 Å². The van der Waals surface area contributed by atoms with E-state index in [1.165, 1.54) is 44.1 Å². The monoisotopic (exact) mass is 603 g/mol. The molecule has 0 aliphatic heterocycles. The molecule has 10 rings (SSSR count). The second-order valence-electron chi connectivity index (χ2n) is 13.0. The molecule has 9 aromatic rings. The first-order chi connectivity index (χ1) is 23.1. The minimum atomic E-state index is -0.0506. The van der Waals surface area contributed by atoms with Gasteiger partial charge in [0.1, 0.15) is 16.8 Å². The van der Waals surface area contributed by atoms with Gasteiger partial charge in [0, 0.05) is 38.4 Å². The van der Waals surface area contributed by atoms with Crippen LogP contribution in [0.4, 0.5) is 0 Å². The molecule has 47 heavy (non-hydrogen) atoms. The minimum Gasteiger partial charge on any atom is -0.452 e. The van der Waals surface area contributed by atoms with Gasteiger partial charge in [0.2, 0.25) is 0 Å². The minimum absolute atomic E-state index is 0.0506. The quantitative estimate of drug-likeness (QED) is 0.202. The summed E-state index contributed by atoms with van der Waals surface area (Å²) in [5, 5.41) is 3.57. The predicted octanol–water partition coefficient (Wildman–Crippen LogP) is 11.1. The summed E-state index contributed by atoms with van der Waals surface area (Å²) in [5.74, 6) is 0.674. The molecule has 4 heteroatoms. The molecule has 0 atom stereocenters. The van der Waals surface area contributed by atoms with Crippen LogP contribution in [0, 0.1) is 0 Å². The van der Waals surface area contributed by atoms with Crippen LogP contribution < -0.4 is 0 Å².